The Bertz CT molecular complexity index is 511. The Morgan fingerprint density at radius 3 is 2.16 bits per heavy atom. The molecule has 0 spiro atoms. The molecule has 2 aromatic carbocycles. The van der Waals surface area contributed by atoms with Crippen molar-refractivity contribution in [1.82, 2.24) is 0 Å². The summed E-state index contributed by atoms with van der Waals surface area (Å²) in [5.41, 5.74) is 0. The number of rotatable bonds is 6. The Labute approximate surface area is 126 Å². The van der Waals surface area contributed by atoms with E-state index in [1.165, 1.54) is 3.57 Å². The van der Waals surface area contributed by atoms with Gasteiger partial charge in [-0.05, 0) is 59.0 Å². The van der Waals surface area contributed by atoms with Gasteiger partial charge < -0.3 is 14.2 Å². The highest BCUT2D eigenvalue weighted by molar-refractivity contribution is 14.1. The molecule has 100 valence electrons. The van der Waals surface area contributed by atoms with Gasteiger partial charge in [-0.1, -0.05) is 6.07 Å². The third kappa shape index (κ3) is 4.63. The second-order valence-corrected chi connectivity index (χ2v) is 5.08. The highest BCUT2D eigenvalue weighted by Crippen LogP contribution is 2.19. The van der Waals surface area contributed by atoms with Crippen molar-refractivity contribution < 1.29 is 14.2 Å². The highest BCUT2D eigenvalue weighted by Gasteiger charge is 1.97. The monoisotopic (exact) mass is 370 g/mol. The Kier molecular flexibility index (Phi) is 5.32. The largest absolute Gasteiger partial charge is 0.497 e. The summed E-state index contributed by atoms with van der Waals surface area (Å²) < 4.78 is 17.5. The molecule has 0 amide bonds. The van der Waals surface area contributed by atoms with E-state index in [2.05, 4.69) is 22.6 Å². The minimum absolute atomic E-state index is 0.499. The van der Waals surface area contributed by atoms with E-state index in [4.69, 9.17) is 14.2 Å². The van der Waals surface area contributed by atoms with Crippen molar-refractivity contribution in [3.05, 3.63) is 52.1 Å². The van der Waals surface area contributed by atoms with Gasteiger partial charge >= 0.3 is 0 Å². The molecule has 0 aliphatic carbocycles. The number of halogens is 1. The lowest BCUT2D eigenvalue weighted by molar-refractivity contribution is 0.216. The molecule has 2 aromatic rings. The van der Waals surface area contributed by atoms with Crippen LogP contribution in [0, 0.1) is 3.57 Å². The van der Waals surface area contributed by atoms with Gasteiger partial charge in [0, 0.05) is 9.64 Å². The summed E-state index contributed by atoms with van der Waals surface area (Å²) in [7, 11) is 1.64. The molecule has 0 N–H and O–H groups in total. The molecular formula is C15H15IO3. The molecule has 0 saturated heterocycles. The molecule has 4 heteroatoms. The van der Waals surface area contributed by atoms with Crippen LogP contribution in [0.15, 0.2) is 48.5 Å². The number of ether oxygens (including phenoxy) is 3. The van der Waals surface area contributed by atoms with Gasteiger partial charge in [0.05, 0.1) is 7.11 Å². The Morgan fingerprint density at radius 2 is 1.47 bits per heavy atom. The van der Waals surface area contributed by atoms with Crippen molar-refractivity contribution in [2.24, 2.45) is 0 Å². The van der Waals surface area contributed by atoms with Gasteiger partial charge in [-0.25, -0.2) is 0 Å². The summed E-state index contributed by atoms with van der Waals surface area (Å²) in [5.74, 6) is 2.43. The lowest BCUT2D eigenvalue weighted by Gasteiger charge is -2.09. The molecule has 0 fully saturated rings. The van der Waals surface area contributed by atoms with Crippen LogP contribution in [0.25, 0.3) is 0 Å². The first kappa shape index (κ1) is 14.0. The zero-order valence-electron chi connectivity index (χ0n) is 10.6. The Balaban J connectivity index is 1.75. The van der Waals surface area contributed by atoms with Crippen LogP contribution >= 0.6 is 22.6 Å². The molecule has 0 saturated carbocycles. The summed E-state index contributed by atoms with van der Waals surface area (Å²) in [5, 5.41) is 0. The van der Waals surface area contributed by atoms with Crippen LogP contribution in [-0.4, -0.2) is 20.3 Å². The topological polar surface area (TPSA) is 27.7 Å². The molecular weight excluding hydrogens is 355 g/mol. The summed E-state index contributed by atoms with van der Waals surface area (Å²) >= 11 is 2.26. The van der Waals surface area contributed by atoms with Crippen LogP contribution in [0.1, 0.15) is 0 Å². The van der Waals surface area contributed by atoms with E-state index in [0.29, 0.717) is 13.2 Å². The average Bonchev–Trinajstić information content (AvgIpc) is 2.46. The molecule has 19 heavy (non-hydrogen) atoms. The molecule has 0 aliphatic rings. The van der Waals surface area contributed by atoms with Crippen LogP contribution < -0.4 is 14.2 Å². The van der Waals surface area contributed by atoms with Crippen molar-refractivity contribution in [2.45, 2.75) is 0 Å². The minimum atomic E-state index is 0.499. The molecule has 2 rings (SSSR count). The molecule has 0 aliphatic heterocycles. The van der Waals surface area contributed by atoms with Crippen LogP contribution in [0.2, 0.25) is 0 Å². The fraction of sp³-hybridized carbons (Fsp3) is 0.200. The van der Waals surface area contributed by atoms with Gasteiger partial charge in [-0.3, -0.25) is 0 Å². The fourth-order valence-corrected chi connectivity index (χ4v) is 1.90. The smallest absolute Gasteiger partial charge is 0.123 e. The zero-order valence-corrected chi connectivity index (χ0v) is 12.8. The maximum Gasteiger partial charge on any atom is 0.123 e. The van der Waals surface area contributed by atoms with E-state index in [0.717, 1.165) is 17.2 Å². The van der Waals surface area contributed by atoms with E-state index in [9.17, 15) is 0 Å². The highest BCUT2D eigenvalue weighted by atomic mass is 127. The predicted molar refractivity (Wildman–Crippen MR) is 83.1 cm³/mol. The van der Waals surface area contributed by atoms with Gasteiger partial charge in [0.15, 0.2) is 0 Å². The lowest BCUT2D eigenvalue weighted by Crippen LogP contribution is -2.08. The fourth-order valence-electron chi connectivity index (χ4n) is 1.54. The third-order valence-corrected chi connectivity index (χ3v) is 3.19. The first-order valence-electron chi connectivity index (χ1n) is 5.93. The molecule has 0 bridgehead atoms. The van der Waals surface area contributed by atoms with Crippen LogP contribution in [0.3, 0.4) is 0 Å². The van der Waals surface area contributed by atoms with E-state index >= 15 is 0 Å². The number of hydrogen-bond donors (Lipinski definition) is 0. The summed E-state index contributed by atoms with van der Waals surface area (Å²) in [4.78, 5) is 0. The Hall–Kier alpha value is -1.43. The molecule has 3 nitrogen and oxygen atoms in total. The molecule has 0 radical (unpaired) electrons. The molecule has 0 atom stereocenters. The van der Waals surface area contributed by atoms with Gasteiger partial charge in [0.1, 0.15) is 30.5 Å². The quantitative estimate of drug-likeness (QED) is 0.573. The van der Waals surface area contributed by atoms with E-state index in [1.54, 1.807) is 7.11 Å². The SMILES string of the molecule is COc1cccc(OCCOc2ccc(I)cc2)c1. The van der Waals surface area contributed by atoms with Crippen LogP contribution in [0.4, 0.5) is 0 Å². The summed E-state index contributed by atoms with van der Waals surface area (Å²) in [6.07, 6.45) is 0. The van der Waals surface area contributed by atoms with Gasteiger partial charge in [0.2, 0.25) is 0 Å². The zero-order chi connectivity index (χ0) is 13.5. The number of benzene rings is 2. The maximum atomic E-state index is 5.59. The molecule has 0 unspecified atom stereocenters. The van der Waals surface area contributed by atoms with E-state index in [-0.39, 0.29) is 0 Å². The minimum Gasteiger partial charge on any atom is -0.497 e. The third-order valence-electron chi connectivity index (χ3n) is 2.48. The first-order chi connectivity index (χ1) is 9.28. The van der Waals surface area contributed by atoms with Crippen molar-refractivity contribution in [3.8, 4) is 17.2 Å². The van der Waals surface area contributed by atoms with Gasteiger partial charge in [-0.2, -0.15) is 0 Å². The normalized spacial score (nSPS) is 10.0. The predicted octanol–water partition coefficient (Wildman–Crippen LogP) is 3.76. The Morgan fingerprint density at radius 1 is 0.842 bits per heavy atom. The van der Waals surface area contributed by atoms with Gasteiger partial charge in [0.25, 0.3) is 0 Å². The second kappa shape index (κ2) is 7.23. The average molecular weight is 370 g/mol. The van der Waals surface area contributed by atoms with Crippen molar-refractivity contribution in [3.63, 3.8) is 0 Å². The van der Waals surface area contributed by atoms with Crippen LogP contribution in [-0.2, 0) is 0 Å². The molecule has 0 aromatic heterocycles. The number of hydrogen-bond acceptors (Lipinski definition) is 3. The summed E-state index contributed by atoms with van der Waals surface area (Å²) in [6.45, 7) is 1.01. The maximum absolute atomic E-state index is 5.59. The van der Waals surface area contributed by atoms with Crippen LogP contribution in [0.5, 0.6) is 17.2 Å². The van der Waals surface area contributed by atoms with Crippen molar-refractivity contribution in [2.75, 3.05) is 20.3 Å². The summed E-state index contributed by atoms with van der Waals surface area (Å²) in [6, 6.07) is 15.5. The van der Waals surface area contributed by atoms with E-state index < -0.39 is 0 Å². The van der Waals surface area contributed by atoms with Crippen molar-refractivity contribution >= 4 is 22.6 Å². The second-order valence-electron chi connectivity index (χ2n) is 3.83. The van der Waals surface area contributed by atoms with E-state index in [1.807, 2.05) is 48.5 Å². The first-order valence-corrected chi connectivity index (χ1v) is 7.01. The molecule has 0 heterocycles. The van der Waals surface area contributed by atoms with Gasteiger partial charge in [-0.15, -0.1) is 0 Å². The number of methoxy groups -OCH3 is 1. The lowest BCUT2D eigenvalue weighted by atomic mass is 10.3. The van der Waals surface area contributed by atoms with Crippen molar-refractivity contribution in [1.29, 1.82) is 0 Å². The standard InChI is InChI=1S/C15H15IO3/c1-17-14-3-2-4-15(11-14)19-10-9-18-13-7-5-12(16)6-8-13/h2-8,11H,9-10H2,1H3.